The van der Waals surface area contributed by atoms with E-state index < -0.39 is 17.4 Å². The molecule has 5 nitrogen and oxygen atoms in total. The summed E-state index contributed by atoms with van der Waals surface area (Å²) in [6.45, 7) is 3.17. The minimum atomic E-state index is -0.998. The number of carboxylic acids is 1. The van der Waals surface area contributed by atoms with Crippen LogP contribution in [0.4, 0.5) is 0 Å². The van der Waals surface area contributed by atoms with Crippen LogP contribution in [0.15, 0.2) is 30.3 Å². The first-order valence-electron chi connectivity index (χ1n) is 6.13. The van der Waals surface area contributed by atoms with Crippen LogP contribution in [0.5, 0.6) is 0 Å². The SMILES string of the molecule is CC(C)(CNC(=O)[C@@H](N)Cc1ccccc1)C(=O)O. The van der Waals surface area contributed by atoms with Gasteiger partial charge in [-0.2, -0.15) is 0 Å². The molecule has 104 valence electrons. The van der Waals surface area contributed by atoms with E-state index in [9.17, 15) is 9.59 Å². The van der Waals surface area contributed by atoms with E-state index in [4.69, 9.17) is 10.8 Å². The molecule has 0 aromatic heterocycles. The Balaban J connectivity index is 2.48. The Morgan fingerprint density at radius 3 is 2.42 bits per heavy atom. The maximum atomic E-state index is 11.8. The third kappa shape index (κ3) is 4.71. The number of aliphatic carboxylic acids is 1. The standard InChI is InChI=1S/C14H20N2O3/c1-14(2,13(18)19)9-16-12(17)11(15)8-10-6-4-3-5-7-10/h3-7,11H,8-9,15H2,1-2H3,(H,16,17)(H,18,19)/t11-/m0/s1. The van der Waals surface area contributed by atoms with Crippen LogP contribution in [0.1, 0.15) is 19.4 Å². The monoisotopic (exact) mass is 264 g/mol. The van der Waals surface area contributed by atoms with E-state index >= 15 is 0 Å². The van der Waals surface area contributed by atoms with Crippen molar-refractivity contribution in [1.29, 1.82) is 0 Å². The van der Waals surface area contributed by atoms with Gasteiger partial charge in [0.1, 0.15) is 0 Å². The molecule has 0 aliphatic heterocycles. The van der Waals surface area contributed by atoms with E-state index in [1.165, 1.54) is 0 Å². The lowest BCUT2D eigenvalue weighted by molar-refractivity contribution is -0.146. The number of hydrogen-bond donors (Lipinski definition) is 3. The van der Waals surface area contributed by atoms with E-state index in [0.717, 1.165) is 5.56 Å². The van der Waals surface area contributed by atoms with Gasteiger partial charge in [0, 0.05) is 6.54 Å². The van der Waals surface area contributed by atoms with E-state index in [1.54, 1.807) is 13.8 Å². The van der Waals surface area contributed by atoms with Gasteiger partial charge in [0.15, 0.2) is 0 Å². The molecule has 4 N–H and O–H groups in total. The summed E-state index contributed by atoms with van der Waals surface area (Å²) in [4.78, 5) is 22.7. The number of carbonyl (C=O) groups excluding carboxylic acids is 1. The molecule has 0 fully saturated rings. The molecule has 19 heavy (non-hydrogen) atoms. The van der Waals surface area contributed by atoms with Gasteiger partial charge >= 0.3 is 5.97 Å². The summed E-state index contributed by atoms with van der Waals surface area (Å²) in [6.07, 6.45) is 0.431. The van der Waals surface area contributed by atoms with Crippen LogP contribution in [0.2, 0.25) is 0 Å². The molecule has 0 spiro atoms. The van der Waals surface area contributed by atoms with Gasteiger partial charge in [-0.25, -0.2) is 0 Å². The number of rotatable bonds is 6. The first kappa shape index (κ1) is 15.2. The van der Waals surface area contributed by atoms with Crippen LogP contribution < -0.4 is 11.1 Å². The zero-order valence-electron chi connectivity index (χ0n) is 11.2. The van der Waals surface area contributed by atoms with Crippen LogP contribution in [-0.2, 0) is 16.0 Å². The van der Waals surface area contributed by atoms with Crippen molar-refractivity contribution >= 4 is 11.9 Å². The molecule has 0 bridgehead atoms. The second-order valence-corrected chi connectivity index (χ2v) is 5.20. The average Bonchev–Trinajstić information content (AvgIpc) is 2.37. The fourth-order valence-electron chi connectivity index (χ4n) is 1.48. The van der Waals surface area contributed by atoms with Crippen LogP contribution in [0.3, 0.4) is 0 Å². The Morgan fingerprint density at radius 2 is 1.89 bits per heavy atom. The Bertz CT molecular complexity index is 443. The highest BCUT2D eigenvalue weighted by molar-refractivity contribution is 5.83. The molecule has 0 aliphatic rings. The highest BCUT2D eigenvalue weighted by Gasteiger charge is 2.28. The van der Waals surface area contributed by atoms with E-state index in [1.807, 2.05) is 30.3 Å². The number of carboxylic acid groups (broad SMARTS) is 1. The molecule has 0 aliphatic carbocycles. The van der Waals surface area contributed by atoms with Gasteiger partial charge in [-0.05, 0) is 25.8 Å². The van der Waals surface area contributed by atoms with E-state index in [-0.39, 0.29) is 12.5 Å². The number of amides is 1. The van der Waals surface area contributed by atoms with E-state index in [0.29, 0.717) is 6.42 Å². The molecular weight excluding hydrogens is 244 g/mol. The molecule has 5 heteroatoms. The summed E-state index contributed by atoms with van der Waals surface area (Å²) in [5.74, 6) is -1.29. The second kappa shape index (κ2) is 6.33. The molecule has 1 amide bonds. The minimum absolute atomic E-state index is 0.0592. The minimum Gasteiger partial charge on any atom is -0.481 e. The molecule has 0 saturated carbocycles. The second-order valence-electron chi connectivity index (χ2n) is 5.20. The largest absolute Gasteiger partial charge is 0.481 e. The topological polar surface area (TPSA) is 92.4 Å². The number of nitrogens with one attached hydrogen (secondary N) is 1. The average molecular weight is 264 g/mol. The van der Waals surface area contributed by atoms with Crippen LogP contribution in [0.25, 0.3) is 0 Å². The Labute approximate surface area is 112 Å². The van der Waals surface area contributed by atoms with Gasteiger partial charge in [0.2, 0.25) is 5.91 Å². The molecular formula is C14H20N2O3. The summed E-state index contributed by atoms with van der Waals surface area (Å²) in [7, 11) is 0. The lowest BCUT2D eigenvalue weighted by Crippen LogP contribution is -2.46. The van der Waals surface area contributed by atoms with Crippen LogP contribution >= 0.6 is 0 Å². The first-order chi connectivity index (χ1) is 8.83. The van der Waals surface area contributed by atoms with Gasteiger partial charge in [-0.15, -0.1) is 0 Å². The zero-order chi connectivity index (χ0) is 14.5. The van der Waals surface area contributed by atoms with Gasteiger partial charge in [-0.3, -0.25) is 9.59 Å². The van der Waals surface area contributed by atoms with Crippen molar-refractivity contribution in [2.45, 2.75) is 26.3 Å². The summed E-state index contributed by atoms with van der Waals surface area (Å²) < 4.78 is 0. The summed E-state index contributed by atoms with van der Waals surface area (Å²) >= 11 is 0. The van der Waals surface area contributed by atoms with Crippen LogP contribution in [-0.4, -0.2) is 29.6 Å². The summed E-state index contributed by atoms with van der Waals surface area (Å²) in [5.41, 5.74) is 5.77. The van der Waals surface area contributed by atoms with Crippen molar-refractivity contribution in [3.63, 3.8) is 0 Å². The predicted molar refractivity (Wildman–Crippen MR) is 72.5 cm³/mol. The predicted octanol–water partition coefficient (Wildman–Crippen LogP) is 0.783. The fourth-order valence-corrected chi connectivity index (χ4v) is 1.48. The highest BCUT2D eigenvalue weighted by atomic mass is 16.4. The Kier molecular flexibility index (Phi) is 5.06. The lowest BCUT2D eigenvalue weighted by Gasteiger charge is -2.21. The fraction of sp³-hybridized carbons (Fsp3) is 0.429. The number of carbonyl (C=O) groups is 2. The molecule has 0 heterocycles. The highest BCUT2D eigenvalue weighted by Crippen LogP contribution is 2.13. The lowest BCUT2D eigenvalue weighted by atomic mass is 9.93. The quantitative estimate of drug-likeness (QED) is 0.708. The van der Waals surface area contributed by atoms with Crippen molar-refractivity contribution in [2.24, 2.45) is 11.1 Å². The normalized spacial score (nSPS) is 12.8. The summed E-state index contributed by atoms with van der Waals surface area (Å²) in [6, 6.07) is 8.78. The summed E-state index contributed by atoms with van der Waals surface area (Å²) in [5, 5.41) is 11.5. The molecule has 1 rings (SSSR count). The van der Waals surface area contributed by atoms with Gasteiger partial charge < -0.3 is 16.2 Å². The Hall–Kier alpha value is -1.88. The molecule has 0 radical (unpaired) electrons. The van der Waals surface area contributed by atoms with Crippen molar-refractivity contribution in [3.05, 3.63) is 35.9 Å². The van der Waals surface area contributed by atoms with Gasteiger partial charge in [0.25, 0.3) is 0 Å². The number of hydrogen-bond acceptors (Lipinski definition) is 3. The smallest absolute Gasteiger partial charge is 0.310 e. The van der Waals surface area contributed by atoms with Crippen molar-refractivity contribution < 1.29 is 14.7 Å². The number of benzene rings is 1. The molecule has 1 aromatic rings. The van der Waals surface area contributed by atoms with Crippen LogP contribution in [0, 0.1) is 5.41 Å². The van der Waals surface area contributed by atoms with Gasteiger partial charge in [0.05, 0.1) is 11.5 Å². The van der Waals surface area contributed by atoms with E-state index in [2.05, 4.69) is 5.32 Å². The zero-order valence-corrected chi connectivity index (χ0v) is 11.2. The first-order valence-corrected chi connectivity index (χ1v) is 6.13. The molecule has 1 aromatic carbocycles. The number of nitrogens with two attached hydrogens (primary N) is 1. The van der Waals surface area contributed by atoms with Crippen molar-refractivity contribution in [3.8, 4) is 0 Å². The molecule has 1 atom stereocenters. The maximum absolute atomic E-state index is 11.8. The molecule has 0 saturated heterocycles. The molecule has 0 unspecified atom stereocenters. The third-order valence-corrected chi connectivity index (χ3v) is 2.92. The maximum Gasteiger partial charge on any atom is 0.310 e. The third-order valence-electron chi connectivity index (χ3n) is 2.92. The van der Waals surface area contributed by atoms with Crippen molar-refractivity contribution in [2.75, 3.05) is 6.54 Å². The van der Waals surface area contributed by atoms with Crippen molar-refractivity contribution in [1.82, 2.24) is 5.32 Å². The van der Waals surface area contributed by atoms with Gasteiger partial charge in [-0.1, -0.05) is 30.3 Å². The Morgan fingerprint density at radius 1 is 1.32 bits per heavy atom.